The van der Waals surface area contributed by atoms with E-state index in [9.17, 15) is 4.79 Å². The molecule has 0 spiro atoms. The van der Waals surface area contributed by atoms with Crippen molar-refractivity contribution in [1.29, 1.82) is 5.26 Å². The Balaban J connectivity index is 2.66. The highest BCUT2D eigenvalue weighted by molar-refractivity contribution is 6.67. The summed E-state index contributed by atoms with van der Waals surface area (Å²) >= 11 is 5.37. The van der Waals surface area contributed by atoms with Gasteiger partial charge in [-0.15, -0.1) is 0 Å². The second-order valence-corrected chi connectivity index (χ2v) is 3.51. The van der Waals surface area contributed by atoms with Crippen molar-refractivity contribution in [2.75, 3.05) is 0 Å². The van der Waals surface area contributed by atoms with Crippen LogP contribution in [-0.4, -0.2) is 5.24 Å². The Morgan fingerprint density at radius 3 is 2.47 bits per heavy atom. The molecular formula is C12H6ClNO. The molecule has 0 saturated carbocycles. The van der Waals surface area contributed by atoms with Crippen LogP contribution < -0.4 is 0 Å². The Bertz CT molecular complexity index is 584. The van der Waals surface area contributed by atoms with Crippen LogP contribution >= 0.6 is 11.6 Å². The Morgan fingerprint density at radius 1 is 1.13 bits per heavy atom. The summed E-state index contributed by atoms with van der Waals surface area (Å²) < 4.78 is 0. The van der Waals surface area contributed by atoms with Crippen LogP contribution in [-0.2, 0) is 0 Å². The summed E-state index contributed by atoms with van der Waals surface area (Å²) in [6.07, 6.45) is 0. The number of nitriles is 1. The highest BCUT2D eigenvalue weighted by Gasteiger charge is 2.02. The largest absolute Gasteiger partial charge is 0.276 e. The molecule has 0 aliphatic carbocycles. The van der Waals surface area contributed by atoms with Crippen LogP contribution in [0.15, 0.2) is 36.4 Å². The molecule has 2 aromatic carbocycles. The van der Waals surface area contributed by atoms with Crippen molar-refractivity contribution in [1.82, 2.24) is 0 Å². The first-order chi connectivity index (χ1) is 7.20. The van der Waals surface area contributed by atoms with E-state index in [4.69, 9.17) is 16.9 Å². The molecule has 0 fully saturated rings. The number of halogens is 1. The van der Waals surface area contributed by atoms with E-state index < -0.39 is 5.24 Å². The topological polar surface area (TPSA) is 40.9 Å². The maximum Gasteiger partial charge on any atom is 0.252 e. The summed E-state index contributed by atoms with van der Waals surface area (Å²) in [4.78, 5) is 10.9. The smallest absolute Gasteiger partial charge is 0.252 e. The second-order valence-electron chi connectivity index (χ2n) is 3.16. The van der Waals surface area contributed by atoms with Gasteiger partial charge in [-0.1, -0.05) is 12.1 Å². The number of carbonyl (C=O) groups excluding carboxylic acids is 1. The van der Waals surface area contributed by atoms with Gasteiger partial charge >= 0.3 is 0 Å². The molecule has 0 atom stereocenters. The first-order valence-corrected chi connectivity index (χ1v) is 4.72. The predicted octanol–water partition coefficient (Wildman–Crippen LogP) is 3.09. The van der Waals surface area contributed by atoms with Gasteiger partial charge in [-0.05, 0) is 46.6 Å². The van der Waals surface area contributed by atoms with Gasteiger partial charge in [0.1, 0.15) is 0 Å². The Morgan fingerprint density at radius 2 is 1.80 bits per heavy atom. The van der Waals surface area contributed by atoms with Gasteiger partial charge in [-0.3, -0.25) is 4.79 Å². The summed E-state index contributed by atoms with van der Waals surface area (Å²) in [5, 5.41) is 10.1. The van der Waals surface area contributed by atoms with Gasteiger partial charge in [-0.25, -0.2) is 0 Å². The van der Waals surface area contributed by atoms with E-state index in [0.29, 0.717) is 11.1 Å². The Labute approximate surface area is 91.7 Å². The molecule has 0 heterocycles. The van der Waals surface area contributed by atoms with Gasteiger partial charge in [0.05, 0.1) is 11.6 Å². The van der Waals surface area contributed by atoms with Gasteiger partial charge in [0, 0.05) is 5.56 Å². The lowest BCUT2D eigenvalue weighted by atomic mass is 10.1. The molecule has 3 heteroatoms. The van der Waals surface area contributed by atoms with E-state index >= 15 is 0 Å². The average molecular weight is 216 g/mol. The number of hydrogen-bond donors (Lipinski definition) is 0. The number of nitrogens with zero attached hydrogens (tertiary/aromatic N) is 1. The van der Waals surface area contributed by atoms with Crippen LogP contribution in [0.5, 0.6) is 0 Å². The molecule has 0 N–H and O–H groups in total. The number of rotatable bonds is 1. The van der Waals surface area contributed by atoms with E-state index in [0.717, 1.165) is 10.8 Å². The molecule has 0 aromatic heterocycles. The minimum Gasteiger partial charge on any atom is -0.276 e. The fourth-order valence-corrected chi connectivity index (χ4v) is 1.56. The monoisotopic (exact) mass is 215 g/mol. The van der Waals surface area contributed by atoms with Crippen molar-refractivity contribution in [2.45, 2.75) is 0 Å². The van der Waals surface area contributed by atoms with E-state index in [1.165, 1.54) is 0 Å². The molecule has 2 aromatic rings. The zero-order valence-electron chi connectivity index (χ0n) is 7.70. The fraction of sp³-hybridized carbons (Fsp3) is 0. The minimum absolute atomic E-state index is 0.467. The van der Waals surface area contributed by atoms with Gasteiger partial charge in [0.25, 0.3) is 5.24 Å². The van der Waals surface area contributed by atoms with E-state index in [1.807, 2.05) is 0 Å². The van der Waals surface area contributed by atoms with E-state index in [1.54, 1.807) is 36.4 Å². The first-order valence-electron chi connectivity index (χ1n) is 4.34. The zero-order valence-corrected chi connectivity index (χ0v) is 8.45. The SMILES string of the molecule is N#Cc1ccc2cc(C(=O)Cl)ccc2c1. The van der Waals surface area contributed by atoms with Gasteiger partial charge in [-0.2, -0.15) is 5.26 Å². The normalized spacial score (nSPS) is 9.87. The summed E-state index contributed by atoms with van der Waals surface area (Å²) in [6, 6.07) is 12.5. The molecular weight excluding hydrogens is 210 g/mol. The molecule has 2 rings (SSSR count). The fourth-order valence-electron chi connectivity index (χ4n) is 1.44. The van der Waals surface area contributed by atoms with Crippen molar-refractivity contribution >= 4 is 27.6 Å². The maximum absolute atomic E-state index is 10.9. The maximum atomic E-state index is 10.9. The van der Waals surface area contributed by atoms with Gasteiger partial charge in [0.15, 0.2) is 0 Å². The van der Waals surface area contributed by atoms with Crippen molar-refractivity contribution in [3.63, 3.8) is 0 Å². The third-order valence-corrected chi connectivity index (χ3v) is 2.41. The molecule has 0 aliphatic rings. The molecule has 72 valence electrons. The summed E-state index contributed by atoms with van der Waals surface area (Å²) in [7, 11) is 0. The lowest BCUT2D eigenvalue weighted by molar-refractivity contribution is 0.108. The van der Waals surface area contributed by atoms with Crippen LogP contribution in [0, 0.1) is 11.3 Å². The number of benzene rings is 2. The predicted molar refractivity (Wildman–Crippen MR) is 58.8 cm³/mol. The van der Waals surface area contributed by atoms with Crippen LogP contribution in [0.25, 0.3) is 10.8 Å². The lowest BCUT2D eigenvalue weighted by Gasteiger charge is -1.99. The van der Waals surface area contributed by atoms with Crippen LogP contribution in [0.4, 0.5) is 0 Å². The molecule has 2 nitrogen and oxygen atoms in total. The molecule has 0 unspecified atom stereocenters. The van der Waals surface area contributed by atoms with E-state index in [2.05, 4.69) is 6.07 Å². The third kappa shape index (κ3) is 1.83. The minimum atomic E-state index is -0.471. The van der Waals surface area contributed by atoms with Crippen molar-refractivity contribution < 1.29 is 4.79 Å². The number of hydrogen-bond acceptors (Lipinski definition) is 2. The first kappa shape index (κ1) is 9.70. The quantitative estimate of drug-likeness (QED) is 0.686. The highest BCUT2D eigenvalue weighted by Crippen LogP contribution is 2.18. The summed E-state index contributed by atoms with van der Waals surface area (Å²) in [6.45, 7) is 0. The highest BCUT2D eigenvalue weighted by atomic mass is 35.5. The molecule has 15 heavy (non-hydrogen) atoms. The Hall–Kier alpha value is -1.85. The summed E-state index contributed by atoms with van der Waals surface area (Å²) in [5.41, 5.74) is 1.07. The van der Waals surface area contributed by atoms with Gasteiger partial charge in [0.2, 0.25) is 0 Å². The molecule has 0 radical (unpaired) electrons. The van der Waals surface area contributed by atoms with Crippen LogP contribution in [0.2, 0.25) is 0 Å². The average Bonchev–Trinajstić information content (AvgIpc) is 2.27. The number of fused-ring (bicyclic) bond motifs is 1. The van der Waals surface area contributed by atoms with Crippen LogP contribution in [0.1, 0.15) is 15.9 Å². The van der Waals surface area contributed by atoms with Crippen molar-refractivity contribution in [3.05, 3.63) is 47.5 Å². The zero-order chi connectivity index (χ0) is 10.8. The molecule has 0 bridgehead atoms. The standard InChI is InChI=1S/C12H6ClNO/c13-12(15)11-4-3-9-5-8(7-14)1-2-10(9)6-11/h1-6H. The summed E-state index contributed by atoms with van der Waals surface area (Å²) in [5.74, 6) is 0. The third-order valence-electron chi connectivity index (χ3n) is 2.20. The van der Waals surface area contributed by atoms with Crippen LogP contribution in [0.3, 0.4) is 0 Å². The Kier molecular flexibility index (Phi) is 2.40. The number of carbonyl (C=O) groups is 1. The molecule has 0 amide bonds. The van der Waals surface area contributed by atoms with Gasteiger partial charge < -0.3 is 0 Å². The lowest BCUT2D eigenvalue weighted by Crippen LogP contribution is -1.88. The molecule has 0 aliphatic heterocycles. The second kappa shape index (κ2) is 3.72. The van der Waals surface area contributed by atoms with E-state index in [-0.39, 0.29) is 0 Å². The molecule has 0 saturated heterocycles. The van der Waals surface area contributed by atoms with Crippen molar-refractivity contribution in [3.8, 4) is 6.07 Å². The van der Waals surface area contributed by atoms with Crippen molar-refractivity contribution in [2.24, 2.45) is 0 Å².